The summed E-state index contributed by atoms with van der Waals surface area (Å²) in [6.07, 6.45) is 10.1. The number of fused-ring (bicyclic) bond motifs is 1. The highest BCUT2D eigenvalue weighted by atomic mass is 16.5. The van der Waals surface area contributed by atoms with Gasteiger partial charge in [0, 0.05) is 17.6 Å². The summed E-state index contributed by atoms with van der Waals surface area (Å²) in [6.45, 7) is 9.92. The molecule has 0 fully saturated rings. The van der Waals surface area contributed by atoms with Crippen LogP contribution < -0.4 is 4.74 Å². The van der Waals surface area contributed by atoms with Crippen molar-refractivity contribution in [2.24, 2.45) is 0 Å². The molecule has 1 aromatic carbocycles. The van der Waals surface area contributed by atoms with Gasteiger partial charge in [0.05, 0.1) is 6.10 Å². The first-order valence-electron chi connectivity index (χ1n) is 11.4. The summed E-state index contributed by atoms with van der Waals surface area (Å²) in [7, 11) is 0. The maximum absolute atomic E-state index is 11.4. The number of hydrogen-bond donors (Lipinski definition) is 3. The van der Waals surface area contributed by atoms with Gasteiger partial charge in [0.25, 0.3) is 0 Å². The van der Waals surface area contributed by atoms with Crippen molar-refractivity contribution < 1.29 is 24.9 Å². The number of aromatic hydroxyl groups is 1. The average Bonchev–Trinajstić information content (AvgIpc) is 2.68. The number of allylic oxidation sites excluding steroid dienone is 5. The van der Waals surface area contributed by atoms with Gasteiger partial charge >= 0.3 is 5.97 Å². The summed E-state index contributed by atoms with van der Waals surface area (Å²) in [4.78, 5) is 11.4. The van der Waals surface area contributed by atoms with Gasteiger partial charge in [0.1, 0.15) is 17.1 Å². The van der Waals surface area contributed by atoms with Gasteiger partial charge in [0.2, 0.25) is 0 Å². The van der Waals surface area contributed by atoms with Crippen LogP contribution in [-0.2, 0) is 11.2 Å². The van der Waals surface area contributed by atoms with Crippen molar-refractivity contribution in [3.05, 3.63) is 58.2 Å². The van der Waals surface area contributed by atoms with Crippen molar-refractivity contribution in [3.8, 4) is 11.5 Å². The van der Waals surface area contributed by atoms with Gasteiger partial charge in [0.15, 0.2) is 0 Å². The number of carboxylic acids is 1. The van der Waals surface area contributed by atoms with Crippen molar-refractivity contribution in [3.63, 3.8) is 0 Å². The molecule has 0 bridgehead atoms. The lowest BCUT2D eigenvalue weighted by molar-refractivity contribution is -0.132. The Morgan fingerprint density at radius 1 is 1.12 bits per heavy atom. The summed E-state index contributed by atoms with van der Waals surface area (Å²) in [6, 6.07) is 3.34. The Kier molecular flexibility index (Phi) is 9.14. The van der Waals surface area contributed by atoms with E-state index in [1.165, 1.54) is 11.1 Å². The number of ether oxygens (including phenoxy) is 1. The lowest BCUT2D eigenvalue weighted by Gasteiger charge is -2.40. The number of aliphatic hydroxyl groups excluding tert-OH is 1. The Morgan fingerprint density at radius 2 is 1.81 bits per heavy atom. The first-order chi connectivity index (χ1) is 15.0. The molecule has 0 radical (unpaired) electrons. The Bertz CT molecular complexity index is 905. The van der Waals surface area contributed by atoms with E-state index >= 15 is 0 Å². The molecule has 1 aliphatic rings. The molecule has 0 spiro atoms. The molecule has 5 nitrogen and oxygen atoms in total. The van der Waals surface area contributed by atoms with E-state index in [9.17, 15) is 20.1 Å². The number of aryl methyl sites for hydroxylation is 1. The van der Waals surface area contributed by atoms with Crippen molar-refractivity contribution in [1.82, 2.24) is 0 Å². The molecule has 0 saturated heterocycles. The normalized spacial score (nSPS) is 21.0. The summed E-state index contributed by atoms with van der Waals surface area (Å²) in [5, 5.41) is 29.9. The van der Waals surface area contributed by atoms with Gasteiger partial charge in [-0.3, -0.25) is 0 Å². The molecule has 176 valence electrons. The van der Waals surface area contributed by atoms with E-state index in [0.717, 1.165) is 36.1 Å². The minimum Gasteiger partial charge on any atom is -0.508 e. The number of carboxylic acid groups (broad SMARTS) is 1. The fourth-order valence-electron chi connectivity index (χ4n) is 4.06. The third kappa shape index (κ3) is 7.27. The fraction of sp³-hybridized carbons (Fsp3) is 0.519. The maximum atomic E-state index is 11.4. The van der Waals surface area contributed by atoms with E-state index in [-0.39, 0.29) is 5.75 Å². The Morgan fingerprint density at radius 3 is 2.47 bits per heavy atom. The first kappa shape index (κ1) is 25.7. The molecular formula is C27H38O5. The molecule has 0 saturated carbocycles. The minimum atomic E-state index is -0.839. The third-order valence-electron chi connectivity index (χ3n) is 6.09. The number of rotatable bonds is 10. The molecule has 1 heterocycles. The SMILES string of the molecule is CC(C)=CCC/C(=C/CC/C(C)=C/CC[C@]1(C)Oc2c(C)cc(O)cc2C[C@H]1O)C(=O)O. The summed E-state index contributed by atoms with van der Waals surface area (Å²) in [5.41, 5.74) is 3.89. The zero-order chi connectivity index (χ0) is 23.9. The highest BCUT2D eigenvalue weighted by Gasteiger charge is 2.40. The number of aliphatic carboxylic acids is 1. The molecule has 0 aliphatic carbocycles. The Balaban J connectivity index is 1.91. The second-order valence-corrected chi connectivity index (χ2v) is 9.37. The number of phenols is 1. The minimum absolute atomic E-state index is 0.191. The molecule has 1 aromatic rings. The zero-order valence-corrected chi connectivity index (χ0v) is 20.1. The molecule has 5 heteroatoms. The molecule has 0 aromatic heterocycles. The maximum Gasteiger partial charge on any atom is 0.331 e. The van der Waals surface area contributed by atoms with Crippen LogP contribution in [0.25, 0.3) is 0 Å². The number of hydrogen-bond acceptors (Lipinski definition) is 4. The van der Waals surface area contributed by atoms with Gasteiger partial charge in [-0.25, -0.2) is 4.79 Å². The van der Waals surface area contributed by atoms with Crippen LogP contribution in [0.4, 0.5) is 0 Å². The predicted molar refractivity (Wildman–Crippen MR) is 128 cm³/mol. The van der Waals surface area contributed by atoms with Gasteiger partial charge < -0.3 is 20.1 Å². The van der Waals surface area contributed by atoms with E-state index in [2.05, 4.69) is 19.1 Å². The Hall–Kier alpha value is -2.53. The third-order valence-corrected chi connectivity index (χ3v) is 6.09. The van der Waals surface area contributed by atoms with E-state index in [4.69, 9.17) is 4.74 Å². The van der Waals surface area contributed by atoms with Gasteiger partial charge in [-0.15, -0.1) is 0 Å². The summed E-state index contributed by atoms with van der Waals surface area (Å²) < 4.78 is 6.22. The van der Waals surface area contributed by atoms with Crippen LogP contribution in [-0.4, -0.2) is 33.0 Å². The predicted octanol–water partition coefficient (Wildman–Crippen LogP) is 6.02. The lowest BCUT2D eigenvalue weighted by Crippen LogP contribution is -2.49. The number of phenolic OH excluding ortho intramolecular Hbond substituents is 1. The highest BCUT2D eigenvalue weighted by Crippen LogP contribution is 2.40. The zero-order valence-electron chi connectivity index (χ0n) is 20.1. The van der Waals surface area contributed by atoms with Gasteiger partial charge in [-0.2, -0.15) is 0 Å². The standard InChI is InChI=1S/C27H38O5/c1-18(2)9-6-12-21(26(30)31)13-7-10-19(3)11-8-14-27(5)24(29)17-22-16-23(28)15-20(4)25(22)32-27/h9,11,13,15-16,24,28-29H,6-8,10,12,14,17H2,1-5H3,(H,30,31)/b19-11+,21-13-/t24-,27+/m1/s1. The molecule has 1 aliphatic heterocycles. The quantitative estimate of drug-likeness (QED) is 0.305. The van der Waals surface area contributed by atoms with Crippen LogP contribution in [0.1, 0.15) is 77.3 Å². The lowest BCUT2D eigenvalue weighted by atomic mass is 9.85. The van der Waals surface area contributed by atoms with Crippen molar-refractivity contribution in [2.45, 2.75) is 91.3 Å². The highest BCUT2D eigenvalue weighted by molar-refractivity contribution is 5.86. The second-order valence-electron chi connectivity index (χ2n) is 9.37. The summed E-state index contributed by atoms with van der Waals surface area (Å²) in [5.74, 6) is 0.112. The van der Waals surface area contributed by atoms with E-state index in [1.807, 2.05) is 33.8 Å². The van der Waals surface area contributed by atoms with Gasteiger partial charge in [-0.05, 0) is 90.8 Å². The largest absolute Gasteiger partial charge is 0.508 e. The summed E-state index contributed by atoms with van der Waals surface area (Å²) >= 11 is 0. The van der Waals surface area contributed by atoms with Crippen molar-refractivity contribution in [2.75, 3.05) is 0 Å². The van der Waals surface area contributed by atoms with E-state index in [1.54, 1.807) is 12.1 Å². The van der Waals surface area contributed by atoms with Crippen LogP contribution >= 0.6 is 0 Å². The fourth-order valence-corrected chi connectivity index (χ4v) is 4.06. The molecule has 0 amide bonds. The monoisotopic (exact) mass is 442 g/mol. The van der Waals surface area contributed by atoms with Crippen molar-refractivity contribution >= 4 is 5.97 Å². The van der Waals surface area contributed by atoms with Crippen LogP contribution in [0.3, 0.4) is 0 Å². The number of aliphatic hydroxyl groups is 1. The van der Waals surface area contributed by atoms with E-state index in [0.29, 0.717) is 31.3 Å². The van der Waals surface area contributed by atoms with Crippen LogP contribution in [0, 0.1) is 6.92 Å². The van der Waals surface area contributed by atoms with Crippen LogP contribution in [0.15, 0.2) is 47.1 Å². The topological polar surface area (TPSA) is 87.0 Å². The molecular weight excluding hydrogens is 404 g/mol. The van der Waals surface area contributed by atoms with Crippen LogP contribution in [0.2, 0.25) is 0 Å². The molecule has 2 atom stereocenters. The van der Waals surface area contributed by atoms with Crippen LogP contribution in [0.5, 0.6) is 11.5 Å². The van der Waals surface area contributed by atoms with Crippen molar-refractivity contribution in [1.29, 1.82) is 0 Å². The Labute approximate surface area is 192 Å². The molecule has 2 rings (SSSR count). The van der Waals surface area contributed by atoms with E-state index < -0.39 is 17.7 Å². The molecule has 0 unspecified atom stereocenters. The second kappa shape index (κ2) is 11.4. The number of benzene rings is 1. The molecule has 32 heavy (non-hydrogen) atoms. The average molecular weight is 443 g/mol. The number of carbonyl (C=O) groups is 1. The molecule has 3 N–H and O–H groups in total. The van der Waals surface area contributed by atoms with Gasteiger partial charge in [-0.1, -0.05) is 29.4 Å². The smallest absolute Gasteiger partial charge is 0.331 e. The first-order valence-corrected chi connectivity index (χ1v) is 11.4.